The van der Waals surface area contributed by atoms with Crippen LogP contribution in [0, 0.1) is 25.5 Å². The predicted molar refractivity (Wildman–Crippen MR) is 80.8 cm³/mol. The van der Waals surface area contributed by atoms with Crippen LogP contribution in [0.2, 0.25) is 0 Å². The number of aromatic nitrogens is 1. The van der Waals surface area contributed by atoms with Crippen LogP contribution in [0.15, 0.2) is 44.4 Å². The molecule has 1 N–H and O–H groups in total. The molecule has 3 rings (SSSR count). The van der Waals surface area contributed by atoms with Gasteiger partial charge >= 0.3 is 0 Å². The maximum Gasteiger partial charge on any atom is 0.295 e. The van der Waals surface area contributed by atoms with E-state index in [-0.39, 0.29) is 11.4 Å². The Bertz CT molecular complexity index is 1010. The lowest BCUT2D eigenvalue weighted by Gasteiger charge is -2.06. The number of furan rings is 1. The van der Waals surface area contributed by atoms with Gasteiger partial charge in [0.05, 0.1) is 11.4 Å². The fraction of sp³-hybridized carbons (Fsp3) is 0.133. The van der Waals surface area contributed by atoms with Crippen LogP contribution in [0.1, 0.15) is 11.3 Å². The number of nitrogens with zero attached hydrogens (tertiary/aromatic N) is 1. The van der Waals surface area contributed by atoms with Gasteiger partial charge in [0.15, 0.2) is 5.76 Å². The van der Waals surface area contributed by atoms with Crippen molar-refractivity contribution in [2.45, 2.75) is 18.9 Å². The SMILES string of the molecule is Cc1noc(-c2ccc(S(=O)(=O)Nc3ccc(F)cc3F)o2)c1C. The Kier molecular flexibility index (Phi) is 3.88. The molecule has 0 aliphatic carbocycles. The molecule has 3 aromatic rings. The van der Waals surface area contributed by atoms with Crippen LogP contribution < -0.4 is 4.72 Å². The van der Waals surface area contributed by atoms with E-state index in [9.17, 15) is 17.2 Å². The summed E-state index contributed by atoms with van der Waals surface area (Å²) in [5.41, 5.74) is 0.976. The molecule has 0 aliphatic heterocycles. The van der Waals surface area contributed by atoms with Crippen LogP contribution in [0.3, 0.4) is 0 Å². The van der Waals surface area contributed by atoms with Crippen LogP contribution in [-0.4, -0.2) is 13.6 Å². The Morgan fingerprint density at radius 2 is 1.88 bits per heavy atom. The molecule has 0 atom stereocenters. The van der Waals surface area contributed by atoms with Crippen LogP contribution in [-0.2, 0) is 10.0 Å². The van der Waals surface area contributed by atoms with Gasteiger partial charge in [-0.05, 0) is 38.1 Å². The van der Waals surface area contributed by atoms with Gasteiger partial charge in [-0.15, -0.1) is 0 Å². The Hall–Kier alpha value is -2.68. The summed E-state index contributed by atoms with van der Waals surface area (Å²) in [5.74, 6) is -1.37. The van der Waals surface area contributed by atoms with Crippen LogP contribution in [0.5, 0.6) is 0 Å². The Balaban J connectivity index is 1.92. The molecule has 2 aromatic heterocycles. The highest BCUT2D eigenvalue weighted by molar-refractivity contribution is 7.92. The van der Waals surface area contributed by atoms with Crippen molar-refractivity contribution in [1.82, 2.24) is 5.16 Å². The normalized spacial score (nSPS) is 11.7. The molecule has 0 unspecified atom stereocenters. The number of rotatable bonds is 4. The van der Waals surface area contributed by atoms with Crippen molar-refractivity contribution in [3.63, 3.8) is 0 Å². The molecular weight excluding hydrogens is 342 g/mol. The lowest BCUT2D eigenvalue weighted by Crippen LogP contribution is -2.13. The van der Waals surface area contributed by atoms with E-state index in [1.165, 1.54) is 12.1 Å². The lowest BCUT2D eigenvalue weighted by atomic mass is 10.2. The fourth-order valence-corrected chi connectivity index (χ4v) is 3.00. The van der Waals surface area contributed by atoms with E-state index in [0.29, 0.717) is 23.1 Å². The third-order valence-corrected chi connectivity index (χ3v) is 4.64. The van der Waals surface area contributed by atoms with Crippen molar-refractivity contribution >= 4 is 15.7 Å². The minimum absolute atomic E-state index is 0.174. The molecule has 24 heavy (non-hydrogen) atoms. The fourth-order valence-electron chi connectivity index (χ4n) is 2.00. The van der Waals surface area contributed by atoms with E-state index < -0.39 is 26.8 Å². The molecule has 1 aromatic carbocycles. The molecule has 6 nitrogen and oxygen atoms in total. The zero-order chi connectivity index (χ0) is 17.5. The first-order chi connectivity index (χ1) is 11.3. The predicted octanol–water partition coefficient (Wildman–Crippen LogP) is 3.63. The van der Waals surface area contributed by atoms with E-state index in [2.05, 4.69) is 5.16 Å². The van der Waals surface area contributed by atoms with E-state index in [1.54, 1.807) is 13.8 Å². The number of anilines is 1. The van der Waals surface area contributed by atoms with E-state index in [4.69, 9.17) is 8.94 Å². The zero-order valence-corrected chi connectivity index (χ0v) is 13.4. The minimum atomic E-state index is -4.18. The number of hydrogen-bond donors (Lipinski definition) is 1. The summed E-state index contributed by atoms with van der Waals surface area (Å²) in [4.78, 5) is 0. The zero-order valence-electron chi connectivity index (χ0n) is 12.6. The Morgan fingerprint density at radius 3 is 2.50 bits per heavy atom. The molecule has 0 bridgehead atoms. The molecule has 0 fully saturated rings. The number of sulfonamides is 1. The van der Waals surface area contributed by atoms with Gasteiger partial charge in [-0.2, -0.15) is 8.42 Å². The Labute approximate surface area is 136 Å². The number of benzene rings is 1. The number of halogens is 2. The van der Waals surface area contributed by atoms with Gasteiger partial charge in [0, 0.05) is 11.6 Å². The average Bonchev–Trinajstić information content (AvgIpc) is 3.11. The van der Waals surface area contributed by atoms with Crippen molar-refractivity contribution < 1.29 is 26.1 Å². The molecular formula is C15H12F2N2O4S. The summed E-state index contributed by atoms with van der Waals surface area (Å²) in [5, 5.41) is 3.33. The summed E-state index contributed by atoms with van der Waals surface area (Å²) < 4.78 is 63.4. The van der Waals surface area contributed by atoms with E-state index >= 15 is 0 Å². The van der Waals surface area contributed by atoms with Crippen molar-refractivity contribution in [2.24, 2.45) is 0 Å². The van der Waals surface area contributed by atoms with Crippen LogP contribution >= 0.6 is 0 Å². The second-order valence-corrected chi connectivity index (χ2v) is 6.68. The summed E-state index contributed by atoms with van der Waals surface area (Å²) in [7, 11) is -4.18. The summed E-state index contributed by atoms with van der Waals surface area (Å²) in [6.45, 7) is 3.49. The quantitative estimate of drug-likeness (QED) is 0.773. The minimum Gasteiger partial charge on any atom is -0.439 e. The third kappa shape index (κ3) is 2.90. The summed E-state index contributed by atoms with van der Waals surface area (Å²) in [6, 6.07) is 5.11. The molecule has 0 radical (unpaired) electrons. The van der Waals surface area contributed by atoms with Gasteiger partial charge in [0.1, 0.15) is 11.6 Å². The molecule has 0 amide bonds. The largest absolute Gasteiger partial charge is 0.439 e. The Morgan fingerprint density at radius 1 is 1.12 bits per heavy atom. The highest BCUT2D eigenvalue weighted by Crippen LogP contribution is 2.29. The molecule has 126 valence electrons. The lowest BCUT2D eigenvalue weighted by molar-refractivity contribution is 0.398. The van der Waals surface area contributed by atoms with Gasteiger partial charge in [-0.25, -0.2) is 8.78 Å². The van der Waals surface area contributed by atoms with Crippen LogP contribution in [0.25, 0.3) is 11.5 Å². The monoisotopic (exact) mass is 354 g/mol. The van der Waals surface area contributed by atoms with Crippen molar-refractivity contribution in [3.05, 3.63) is 53.2 Å². The van der Waals surface area contributed by atoms with Crippen molar-refractivity contribution in [1.29, 1.82) is 0 Å². The first-order valence-electron chi connectivity index (χ1n) is 6.79. The van der Waals surface area contributed by atoms with E-state index in [1.807, 2.05) is 4.72 Å². The topological polar surface area (TPSA) is 85.3 Å². The smallest absolute Gasteiger partial charge is 0.295 e. The molecule has 0 aliphatic rings. The van der Waals surface area contributed by atoms with Gasteiger partial charge in [0.25, 0.3) is 10.0 Å². The van der Waals surface area contributed by atoms with Gasteiger partial charge in [-0.1, -0.05) is 5.16 Å². The molecule has 2 heterocycles. The average molecular weight is 354 g/mol. The van der Waals surface area contributed by atoms with E-state index in [0.717, 1.165) is 12.1 Å². The molecule has 0 saturated carbocycles. The molecule has 0 saturated heterocycles. The summed E-state index contributed by atoms with van der Waals surface area (Å²) in [6.07, 6.45) is 0. The van der Waals surface area contributed by atoms with Gasteiger partial charge in [-0.3, -0.25) is 4.72 Å². The van der Waals surface area contributed by atoms with Gasteiger partial charge < -0.3 is 8.94 Å². The highest BCUT2D eigenvalue weighted by atomic mass is 32.2. The van der Waals surface area contributed by atoms with Crippen molar-refractivity contribution in [2.75, 3.05) is 4.72 Å². The third-order valence-electron chi connectivity index (χ3n) is 3.40. The standard InChI is InChI=1S/C15H12F2N2O4S/c1-8-9(2)18-23-15(8)13-5-6-14(22-13)24(20,21)19-12-4-3-10(16)7-11(12)17/h3-7,19H,1-2H3. The highest BCUT2D eigenvalue weighted by Gasteiger charge is 2.23. The number of hydrogen-bond acceptors (Lipinski definition) is 5. The maximum atomic E-state index is 13.6. The molecule has 0 spiro atoms. The first kappa shape index (κ1) is 16.2. The maximum absolute atomic E-state index is 13.6. The number of nitrogens with one attached hydrogen (secondary N) is 1. The first-order valence-corrected chi connectivity index (χ1v) is 8.27. The number of aryl methyl sites for hydroxylation is 1. The van der Waals surface area contributed by atoms with Crippen LogP contribution in [0.4, 0.5) is 14.5 Å². The molecule has 9 heteroatoms. The van der Waals surface area contributed by atoms with Gasteiger partial charge in [0.2, 0.25) is 10.9 Å². The summed E-state index contributed by atoms with van der Waals surface area (Å²) >= 11 is 0. The second kappa shape index (κ2) is 5.75. The second-order valence-electron chi connectivity index (χ2n) is 5.07. The van der Waals surface area contributed by atoms with Crippen molar-refractivity contribution in [3.8, 4) is 11.5 Å².